The third kappa shape index (κ3) is 1.32. The van der Waals surface area contributed by atoms with Gasteiger partial charge in [-0.3, -0.25) is 5.26 Å². The summed E-state index contributed by atoms with van der Waals surface area (Å²) in [4.78, 5) is 4.14. The van der Waals surface area contributed by atoms with E-state index in [0.717, 1.165) is 19.3 Å². The molecule has 2 nitrogen and oxygen atoms in total. The topological polar surface area (TPSA) is 29.5 Å². The van der Waals surface area contributed by atoms with E-state index in [-0.39, 0.29) is 6.10 Å². The summed E-state index contributed by atoms with van der Waals surface area (Å²) >= 11 is 0. The molecule has 0 spiro atoms. The van der Waals surface area contributed by atoms with Crippen LogP contribution in [0.1, 0.15) is 19.3 Å². The lowest BCUT2D eigenvalue weighted by molar-refractivity contribution is -0.279. The zero-order valence-electron chi connectivity index (χ0n) is 4.71. The van der Waals surface area contributed by atoms with Gasteiger partial charge < -0.3 is 0 Å². The van der Waals surface area contributed by atoms with Crippen LogP contribution in [0.3, 0.4) is 0 Å². The standard InChI is InChI=1S/C6H10O2/c7-8-6-4-2-1-3-5-6/h1-2,6-7H,3-5H2. The van der Waals surface area contributed by atoms with Gasteiger partial charge in [0.25, 0.3) is 0 Å². The molecule has 1 rings (SSSR count). The lowest BCUT2D eigenvalue weighted by atomic mass is 10.1. The Labute approximate surface area is 48.7 Å². The largest absolute Gasteiger partial charge is 0.252 e. The van der Waals surface area contributed by atoms with Crippen LogP contribution in [0.5, 0.6) is 0 Å². The Balaban J connectivity index is 2.27. The van der Waals surface area contributed by atoms with Gasteiger partial charge in [0.1, 0.15) is 0 Å². The highest BCUT2D eigenvalue weighted by atomic mass is 17.1. The number of hydrogen-bond acceptors (Lipinski definition) is 2. The van der Waals surface area contributed by atoms with Crippen LogP contribution >= 0.6 is 0 Å². The molecule has 0 heterocycles. The van der Waals surface area contributed by atoms with Gasteiger partial charge in [-0.15, -0.1) is 0 Å². The monoisotopic (exact) mass is 114 g/mol. The van der Waals surface area contributed by atoms with Gasteiger partial charge in [0.05, 0.1) is 6.10 Å². The summed E-state index contributed by atoms with van der Waals surface area (Å²) in [5.74, 6) is 0. The van der Waals surface area contributed by atoms with Gasteiger partial charge in [0, 0.05) is 0 Å². The quantitative estimate of drug-likeness (QED) is 0.318. The predicted molar refractivity (Wildman–Crippen MR) is 30.5 cm³/mol. The van der Waals surface area contributed by atoms with Crippen LogP contribution in [0.4, 0.5) is 0 Å². The van der Waals surface area contributed by atoms with Crippen LogP contribution in [0, 0.1) is 0 Å². The zero-order chi connectivity index (χ0) is 5.82. The first-order valence-electron chi connectivity index (χ1n) is 2.88. The molecule has 0 radical (unpaired) electrons. The molecule has 46 valence electrons. The molecular formula is C6H10O2. The molecule has 0 aromatic heterocycles. The van der Waals surface area contributed by atoms with Crippen molar-refractivity contribution in [2.75, 3.05) is 0 Å². The zero-order valence-corrected chi connectivity index (χ0v) is 4.71. The summed E-state index contributed by atoms with van der Waals surface area (Å²) < 4.78 is 0. The average molecular weight is 114 g/mol. The summed E-state index contributed by atoms with van der Waals surface area (Å²) in [7, 11) is 0. The number of hydrogen-bond donors (Lipinski definition) is 1. The first kappa shape index (κ1) is 5.79. The smallest absolute Gasteiger partial charge is 0.0964 e. The van der Waals surface area contributed by atoms with E-state index in [2.05, 4.69) is 11.0 Å². The van der Waals surface area contributed by atoms with Gasteiger partial charge in [0.2, 0.25) is 0 Å². The molecule has 1 aliphatic carbocycles. The average Bonchev–Trinajstić information content (AvgIpc) is 1.90. The van der Waals surface area contributed by atoms with Gasteiger partial charge in [-0.2, -0.15) is 0 Å². The molecule has 0 fully saturated rings. The Kier molecular flexibility index (Phi) is 2.06. The van der Waals surface area contributed by atoms with E-state index >= 15 is 0 Å². The first-order chi connectivity index (χ1) is 3.93. The van der Waals surface area contributed by atoms with E-state index in [1.165, 1.54) is 0 Å². The van der Waals surface area contributed by atoms with Gasteiger partial charge >= 0.3 is 0 Å². The Hall–Kier alpha value is -0.340. The van der Waals surface area contributed by atoms with E-state index in [1.54, 1.807) is 0 Å². The van der Waals surface area contributed by atoms with Crippen molar-refractivity contribution in [3.8, 4) is 0 Å². The van der Waals surface area contributed by atoms with E-state index < -0.39 is 0 Å². The number of allylic oxidation sites excluding steroid dienone is 1. The summed E-state index contributed by atoms with van der Waals surface area (Å²) in [5, 5.41) is 8.16. The van der Waals surface area contributed by atoms with Gasteiger partial charge in [-0.05, 0) is 19.3 Å². The molecule has 0 saturated carbocycles. The van der Waals surface area contributed by atoms with Crippen LogP contribution in [0.25, 0.3) is 0 Å². The molecule has 2 heteroatoms. The Bertz CT molecular complexity index is 88.5. The maximum atomic E-state index is 8.16. The molecule has 0 saturated heterocycles. The molecule has 8 heavy (non-hydrogen) atoms. The second kappa shape index (κ2) is 2.84. The van der Waals surface area contributed by atoms with Crippen molar-refractivity contribution in [3.63, 3.8) is 0 Å². The Morgan fingerprint density at radius 2 is 2.38 bits per heavy atom. The number of rotatable bonds is 1. The normalized spacial score (nSPS) is 28.4. The predicted octanol–water partition coefficient (Wildman–Crippen LogP) is 1.58. The summed E-state index contributed by atoms with van der Waals surface area (Å²) in [5.41, 5.74) is 0. The van der Waals surface area contributed by atoms with E-state index in [9.17, 15) is 0 Å². The van der Waals surface area contributed by atoms with Crippen LogP contribution < -0.4 is 0 Å². The minimum absolute atomic E-state index is 0.0556. The van der Waals surface area contributed by atoms with E-state index in [4.69, 9.17) is 5.26 Å². The highest BCUT2D eigenvalue weighted by Crippen LogP contribution is 2.12. The fraction of sp³-hybridized carbons (Fsp3) is 0.667. The molecule has 1 atom stereocenters. The van der Waals surface area contributed by atoms with Crippen LogP contribution in [0.15, 0.2) is 12.2 Å². The lowest BCUT2D eigenvalue weighted by Gasteiger charge is -2.12. The van der Waals surface area contributed by atoms with Crippen molar-refractivity contribution in [3.05, 3.63) is 12.2 Å². The van der Waals surface area contributed by atoms with E-state index in [1.807, 2.05) is 6.08 Å². The van der Waals surface area contributed by atoms with Gasteiger partial charge in [-0.25, -0.2) is 4.89 Å². The summed E-state index contributed by atoms with van der Waals surface area (Å²) in [6, 6.07) is 0. The van der Waals surface area contributed by atoms with Crippen molar-refractivity contribution >= 4 is 0 Å². The van der Waals surface area contributed by atoms with Crippen LogP contribution in [-0.4, -0.2) is 11.4 Å². The summed E-state index contributed by atoms with van der Waals surface area (Å²) in [6.07, 6.45) is 7.04. The molecule has 1 unspecified atom stereocenters. The van der Waals surface area contributed by atoms with Crippen molar-refractivity contribution < 1.29 is 10.1 Å². The highest BCUT2D eigenvalue weighted by Gasteiger charge is 2.07. The third-order valence-electron chi connectivity index (χ3n) is 1.37. The molecule has 0 aromatic rings. The molecule has 0 aromatic carbocycles. The third-order valence-corrected chi connectivity index (χ3v) is 1.37. The maximum Gasteiger partial charge on any atom is 0.0964 e. The van der Waals surface area contributed by atoms with Gasteiger partial charge in [-0.1, -0.05) is 12.2 Å². The van der Waals surface area contributed by atoms with Crippen molar-refractivity contribution in [1.29, 1.82) is 0 Å². The van der Waals surface area contributed by atoms with Crippen molar-refractivity contribution in [2.45, 2.75) is 25.4 Å². The first-order valence-corrected chi connectivity index (χ1v) is 2.88. The van der Waals surface area contributed by atoms with Crippen LogP contribution in [-0.2, 0) is 4.89 Å². The fourth-order valence-electron chi connectivity index (χ4n) is 0.862. The molecule has 1 N–H and O–H groups in total. The lowest BCUT2D eigenvalue weighted by Crippen LogP contribution is -2.11. The van der Waals surface area contributed by atoms with Gasteiger partial charge in [0.15, 0.2) is 0 Å². The Morgan fingerprint density at radius 1 is 1.50 bits per heavy atom. The second-order valence-electron chi connectivity index (χ2n) is 2.01. The molecular weight excluding hydrogens is 104 g/mol. The molecule has 0 aliphatic heterocycles. The maximum absolute atomic E-state index is 8.16. The minimum atomic E-state index is 0.0556. The molecule has 0 amide bonds. The van der Waals surface area contributed by atoms with Crippen LogP contribution in [0.2, 0.25) is 0 Å². The fourth-order valence-corrected chi connectivity index (χ4v) is 0.862. The second-order valence-corrected chi connectivity index (χ2v) is 2.01. The van der Waals surface area contributed by atoms with Crippen molar-refractivity contribution in [1.82, 2.24) is 0 Å². The minimum Gasteiger partial charge on any atom is -0.252 e. The Morgan fingerprint density at radius 3 is 2.75 bits per heavy atom. The molecule has 1 aliphatic rings. The molecule has 0 bridgehead atoms. The van der Waals surface area contributed by atoms with E-state index in [0.29, 0.717) is 0 Å². The highest BCUT2D eigenvalue weighted by molar-refractivity contribution is 4.90. The van der Waals surface area contributed by atoms with Crippen molar-refractivity contribution in [2.24, 2.45) is 0 Å². The SMILES string of the molecule is OOC1CC=CCC1. The summed E-state index contributed by atoms with van der Waals surface area (Å²) in [6.45, 7) is 0.